The summed E-state index contributed by atoms with van der Waals surface area (Å²) in [5, 5.41) is 12.6. The molecule has 3 atom stereocenters. The van der Waals surface area contributed by atoms with Crippen LogP contribution in [0, 0.1) is 5.92 Å². The Hall–Kier alpha value is -2.53. The number of nitrogens with one attached hydrogen (secondary N) is 1. The molecule has 0 fully saturated rings. The molecule has 2 aromatic carbocycles. The quantitative estimate of drug-likeness (QED) is 0.788. The first-order valence-corrected chi connectivity index (χ1v) is 8.26. The third kappa shape index (κ3) is 5.22. The van der Waals surface area contributed by atoms with E-state index in [1.165, 1.54) is 0 Å². The van der Waals surface area contributed by atoms with E-state index in [2.05, 4.69) is 5.32 Å². The maximum atomic E-state index is 12.5. The largest absolute Gasteiger partial charge is 0.481 e. The molecule has 0 bridgehead atoms. The Morgan fingerprint density at radius 2 is 1.76 bits per heavy atom. The number of carboxylic acids is 1. The molecular weight excluding hydrogens is 342 g/mol. The third-order valence-corrected chi connectivity index (χ3v) is 4.06. The topological polar surface area (TPSA) is 75.6 Å². The number of carboxylic acid groups (broad SMARTS) is 1. The summed E-state index contributed by atoms with van der Waals surface area (Å²) in [4.78, 5) is 23.9. The van der Waals surface area contributed by atoms with Crippen LogP contribution in [0.2, 0.25) is 5.02 Å². The van der Waals surface area contributed by atoms with Crippen molar-refractivity contribution in [2.75, 3.05) is 0 Å². The molecule has 1 amide bonds. The van der Waals surface area contributed by atoms with E-state index in [1.54, 1.807) is 62.4 Å². The van der Waals surface area contributed by atoms with E-state index < -0.39 is 29.9 Å². The number of rotatable bonds is 7. The second kappa shape index (κ2) is 8.53. The van der Waals surface area contributed by atoms with E-state index in [-0.39, 0.29) is 0 Å². The smallest absolute Gasteiger partial charge is 0.308 e. The van der Waals surface area contributed by atoms with Gasteiger partial charge >= 0.3 is 5.97 Å². The van der Waals surface area contributed by atoms with Crippen LogP contribution < -0.4 is 10.1 Å². The van der Waals surface area contributed by atoms with Gasteiger partial charge in [0.15, 0.2) is 6.10 Å². The van der Waals surface area contributed by atoms with Crippen LogP contribution in [-0.2, 0) is 9.59 Å². The molecule has 0 saturated carbocycles. The summed E-state index contributed by atoms with van der Waals surface area (Å²) in [5.41, 5.74) is 0.723. The van der Waals surface area contributed by atoms with E-state index in [1.807, 2.05) is 6.07 Å². The minimum absolute atomic E-state index is 0.401. The van der Waals surface area contributed by atoms with Crippen molar-refractivity contribution in [3.05, 3.63) is 65.2 Å². The Morgan fingerprint density at radius 1 is 1.08 bits per heavy atom. The van der Waals surface area contributed by atoms with Crippen molar-refractivity contribution in [3.8, 4) is 5.75 Å². The molecule has 2 rings (SSSR count). The maximum Gasteiger partial charge on any atom is 0.308 e. The monoisotopic (exact) mass is 361 g/mol. The first kappa shape index (κ1) is 18.8. The number of hydrogen-bond donors (Lipinski definition) is 2. The number of benzene rings is 2. The van der Waals surface area contributed by atoms with Gasteiger partial charge < -0.3 is 15.2 Å². The molecule has 6 heteroatoms. The predicted molar refractivity (Wildman–Crippen MR) is 95.7 cm³/mol. The molecule has 0 aliphatic carbocycles. The molecule has 2 N–H and O–H groups in total. The van der Waals surface area contributed by atoms with Crippen LogP contribution in [0.25, 0.3) is 0 Å². The molecule has 2 aromatic rings. The van der Waals surface area contributed by atoms with Gasteiger partial charge in [-0.3, -0.25) is 9.59 Å². The van der Waals surface area contributed by atoms with Gasteiger partial charge in [-0.05, 0) is 37.6 Å². The van der Waals surface area contributed by atoms with Gasteiger partial charge in [0.05, 0.1) is 12.0 Å². The molecule has 0 radical (unpaired) electrons. The molecular formula is C19H20ClNO4. The predicted octanol–water partition coefficient (Wildman–Crippen LogP) is 3.69. The van der Waals surface area contributed by atoms with Gasteiger partial charge in [0.25, 0.3) is 5.91 Å². The average Bonchev–Trinajstić information content (AvgIpc) is 2.59. The molecule has 0 aromatic heterocycles. The van der Waals surface area contributed by atoms with Crippen LogP contribution in [0.15, 0.2) is 54.6 Å². The number of carbonyl (C=O) groups is 2. The van der Waals surface area contributed by atoms with Crippen molar-refractivity contribution in [2.45, 2.75) is 26.0 Å². The van der Waals surface area contributed by atoms with Crippen LogP contribution in [-0.4, -0.2) is 23.1 Å². The number of halogens is 1. The van der Waals surface area contributed by atoms with Crippen LogP contribution >= 0.6 is 11.6 Å². The Balaban J connectivity index is 2.12. The fraction of sp³-hybridized carbons (Fsp3) is 0.263. The van der Waals surface area contributed by atoms with E-state index >= 15 is 0 Å². The lowest BCUT2D eigenvalue weighted by Crippen LogP contribution is -2.42. The summed E-state index contributed by atoms with van der Waals surface area (Å²) in [6.45, 7) is 3.16. The number of aliphatic carboxylic acids is 1. The second-order valence-electron chi connectivity index (χ2n) is 5.74. The highest BCUT2D eigenvalue weighted by Crippen LogP contribution is 2.23. The van der Waals surface area contributed by atoms with Crippen molar-refractivity contribution < 1.29 is 19.4 Å². The summed E-state index contributed by atoms with van der Waals surface area (Å²) in [6.07, 6.45) is -0.800. The number of hydrogen-bond acceptors (Lipinski definition) is 3. The Morgan fingerprint density at radius 3 is 2.36 bits per heavy atom. The minimum atomic E-state index is -0.988. The van der Waals surface area contributed by atoms with Crippen molar-refractivity contribution in [1.82, 2.24) is 5.32 Å². The Kier molecular flexibility index (Phi) is 6.42. The van der Waals surface area contributed by atoms with Crippen molar-refractivity contribution in [3.63, 3.8) is 0 Å². The fourth-order valence-corrected chi connectivity index (χ4v) is 2.55. The maximum absolute atomic E-state index is 12.5. The lowest BCUT2D eigenvalue weighted by atomic mass is 9.94. The molecule has 0 aliphatic rings. The third-order valence-electron chi connectivity index (χ3n) is 3.82. The second-order valence-corrected chi connectivity index (χ2v) is 6.18. The molecule has 0 aliphatic heterocycles. The Labute approximate surface area is 151 Å². The molecule has 0 heterocycles. The van der Waals surface area contributed by atoms with Gasteiger partial charge in [0.1, 0.15) is 5.75 Å². The standard InChI is InChI=1S/C19H20ClNO4/c1-12(19(23)24)17(14-7-4-3-5-8-14)21-18(22)13(2)25-16-10-6-9-15(20)11-16/h3-13,17H,1-2H3,(H,21,22)(H,23,24). The zero-order chi connectivity index (χ0) is 18.4. The fourth-order valence-electron chi connectivity index (χ4n) is 2.37. The highest BCUT2D eigenvalue weighted by Gasteiger charge is 2.28. The normalized spacial score (nSPS) is 14.2. The summed E-state index contributed by atoms with van der Waals surface area (Å²) in [7, 11) is 0. The average molecular weight is 362 g/mol. The zero-order valence-electron chi connectivity index (χ0n) is 14.0. The van der Waals surface area contributed by atoms with Crippen LogP contribution in [0.3, 0.4) is 0 Å². The van der Waals surface area contributed by atoms with Crippen molar-refractivity contribution >= 4 is 23.5 Å². The number of ether oxygens (including phenoxy) is 1. The minimum Gasteiger partial charge on any atom is -0.481 e. The highest BCUT2D eigenvalue weighted by atomic mass is 35.5. The SMILES string of the molecule is CC(Oc1cccc(Cl)c1)C(=O)NC(c1ccccc1)C(C)C(=O)O. The van der Waals surface area contributed by atoms with Gasteiger partial charge in [-0.15, -0.1) is 0 Å². The summed E-state index contributed by atoms with van der Waals surface area (Å²) >= 11 is 5.90. The van der Waals surface area contributed by atoms with Crippen LogP contribution in [0.5, 0.6) is 5.75 Å². The van der Waals surface area contributed by atoms with E-state index in [4.69, 9.17) is 16.3 Å². The van der Waals surface area contributed by atoms with Crippen LogP contribution in [0.1, 0.15) is 25.5 Å². The highest BCUT2D eigenvalue weighted by molar-refractivity contribution is 6.30. The molecule has 3 unspecified atom stereocenters. The molecule has 132 valence electrons. The van der Waals surface area contributed by atoms with E-state index in [9.17, 15) is 14.7 Å². The molecule has 0 spiro atoms. The molecule has 0 saturated heterocycles. The van der Waals surface area contributed by atoms with Gasteiger partial charge in [-0.1, -0.05) is 48.0 Å². The van der Waals surface area contributed by atoms with Crippen LogP contribution in [0.4, 0.5) is 0 Å². The van der Waals surface area contributed by atoms with E-state index in [0.29, 0.717) is 10.8 Å². The van der Waals surface area contributed by atoms with E-state index in [0.717, 1.165) is 5.56 Å². The summed E-state index contributed by atoms with van der Waals surface area (Å²) in [5.74, 6) is -1.71. The number of amides is 1. The van der Waals surface area contributed by atoms with Gasteiger partial charge in [0.2, 0.25) is 0 Å². The van der Waals surface area contributed by atoms with Gasteiger partial charge in [-0.2, -0.15) is 0 Å². The van der Waals surface area contributed by atoms with Gasteiger partial charge in [0, 0.05) is 5.02 Å². The van der Waals surface area contributed by atoms with Crippen molar-refractivity contribution in [2.24, 2.45) is 5.92 Å². The zero-order valence-corrected chi connectivity index (χ0v) is 14.7. The molecule has 25 heavy (non-hydrogen) atoms. The first-order chi connectivity index (χ1) is 11.9. The first-order valence-electron chi connectivity index (χ1n) is 7.89. The molecule has 5 nitrogen and oxygen atoms in total. The summed E-state index contributed by atoms with van der Waals surface area (Å²) in [6, 6.07) is 15.1. The van der Waals surface area contributed by atoms with Crippen molar-refractivity contribution in [1.29, 1.82) is 0 Å². The summed E-state index contributed by atoms with van der Waals surface area (Å²) < 4.78 is 5.59. The van der Waals surface area contributed by atoms with Gasteiger partial charge in [-0.25, -0.2) is 0 Å². The lowest BCUT2D eigenvalue weighted by molar-refractivity contribution is -0.142. The Bertz CT molecular complexity index is 735. The number of carbonyl (C=O) groups excluding carboxylic acids is 1. The lowest BCUT2D eigenvalue weighted by Gasteiger charge is -2.25.